The van der Waals surface area contributed by atoms with Crippen molar-refractivity contribution < 1.29 is 19.1 Å². The number of hydrogen-bond acceptors (Lipinski definition) is 5. The predicted octanol–water partition coefficient (Wildman–Crippen LogP) is 2.67. The first-order chi connectivity index (χ1) is 16.7. The van der Waals surface area contributed by atoms with Crippen molar-refractivity contribution in [2.75, 3.05) is 50.8 Å². The molecule has 3 fully saturated rings. The summed E-state index contributed by atoms with van der Waals surface area (Å²) in [6, 6.07) is 7.98. The Kier molecular flexibility index (Phi) is 7.99. The van der Waals surface area contributed by atoms with E-state index in [0.717, 1.165) is 44.5 Å². The molecule has 0 unspecified atom stereocenters. The number of carbonyl (C=O) groups is 3. The van der Waals surface area contributed by atoms with E-state index in [4.69, 9.17) is 4.74 Å². The van der Waals surface area contributed by atoms with Gasteiger partial charge in [-0.05, 0) is 43.2 Å². The second-order valence-electron chi connectivity index (χ2n) is 11.2. The lowest BCUT2D eigenvalue weighted by Gasteiger charge is -2.38. The van der Waals surface area contributed by atoms with Crippen molar-refractivity contribution in [2.45, 2.75) is 65.0 Å². The Hall–Kier alpha value is -2.61. The molecule has 0 aliphatic carbocycles. The van der Waals surface area contributed by atoms with E-state index in [2.05, 4.69) is 31.0 Å². The van der Waals surface area contributed by atoms with E-state index in [1.807, 2.05) is 34.1 Å². The number of benzene rings is 1. The minimum atomic E-state index is -0.306. The summed E-state index contributed by atoms with van der Waals surface area (Å²) in [4.78, 5) is 44.4. The van der Waals surface area contributed by atoms with Crippen LogP contribution in [-0.2, 0) is 14.3 Å². The zero-order valence-electron chi connectivity index (χ0n) is 21.4. The molecule has 0 radical (unpaired) electrons. The van der Waals surface area contributed by atoms with Gasteiger partial charge in [0.15, 0.2) is 0 Å². The van der Waals surface area contributed by atoms with E-state index >= 15 is 0 Å². The highest BCUT2D eigenvalue weighted by Gasteiger charge is 2.32. The Labute approximate surface area is 209 Å². The number of nitrogens with one attached hydrogen (secondary N) is 1. The highest BCUT2D eigenvalue weighted by Crippen LogP contribution is 2.27. The molecule has 3 aliphatic rings. The molecule has 1 aromatic rings. The lowest BCUT2D eigenvalue weighted by Crippen LogP contribution is -2.53. The van der Waals surface area contributed by atoms with Crippen molar-refractivity contribution in [3.8, 4) is 0 Å². The van der Waals surface area contributed by atoms with Crippen LogP contribution in [0.5, 0.6) is 0 Å². The van der Waals surface area contributed by atoms with Crippen LogP contribution in [0.4, 0.5) is 5.69 Å². The molecule has 8 nitrogen and oxygen atoms in total. The van der Waals surface area contributed by atoms with Crippen molar-refractivity contribution in [3.05, 3.63) is 29.8 Å². The Balaban J connectivity index is 1.32. The molecule has 8 heteroatoms. The van der Waals surface area contributed by atoms with Gasteiger partial charge in [0.2, 0.25) is 5.91 Å². The molecular formula is C27H40N4O4. The topological polar surface area (TPSA) is 82.2 Å². The number of piperidine rings is 1. The molecule has 0 spiro atoms. The Morgan fingerprint density at radius 1 is 0.943 bits per heavy atom. The largest absolute Gasteiger partial charge is 0.371 e. The number of anilines is 1. The maximum absolute atomic E-state index is 13.5. The van der Waals surface area contributed by atoms with Gasteiger partial charge in [-0.2, -0.15) is 0 Å². The smallest absolute Gasteiger partial charge is 0.256 e. The van der Waals surface area contributed by atoms with Gasteiger partial charge in [0.05, 0.1) is 5.56 Å². The molecule has 35 heavy (non-hydrogen) atoms. The molecule has 3 saturated heterocycles. The molecule has 0 saturated carbocycles. The van der Waals surface area contributed by atoms with E-state index in [1.165, 1.54) is 0 Å². The quantitative estimate of drug-likeness (QED) is 0.695. The van der Waals surface area contributed by atoms with Crippen LogP contribution in [0, 0.1) is 5.41 Å². The Morgan fingerprint density at radius 2 is 1.60 bits per heavy atom. The number of carbonyl (C=O) groups excluding carboxylic acids is 3. The zero-order chi connectivity index (χ0) is 25.0. The van der Waals surface area contributed by atoms with Gasteiger partial charge in [0, 0.05) is 64.0 Å². The standard InChI is InChI=1S/C27H40N4O4/c1-27(2,3)19-24(32)28-20-10-12-29(13-11-20)22-8-5-4-7-21(22)25(33)30-14-16-31(17-15-30)26(34)23-9-6-18-35-23/h4-5,7-8,20,23H,6,9-19H2,1-3H3,(H,28,32)/t23-/m0/s1. The fourth-order valence-corrected chi connectivity index (χ4v) is 5.23. The van der Waals surface area contributed by atoms with Gasteiger partial charge in [-0.25, -0.2) is 0 Å². The van der Waals surface area contributed by atoms with Crippen LogP contribution in [0.25, 0.3) is 0 Å². The molecule has 192 valence electrons. The monoisotopic (exact) mass is 484 g/mol. The summed E-state index contributed by atoms with van der Waals surface area (Å²) in [5.41, 5.74) is 1.64. The summed E-state index contributed by atoms with van der Waals surface area (Å²) >= 11 is 0. The van der Waals surface area contributed by atoms with Gasteiger partial charge < -0.3 is 24.8 Å². The number of para-hydroxylation sites is 1. The Bertz CT molecular complexity index is 906. The molecule has 0 bridgehead atoms. The number of nitrogens with zero attached hydrogens (tertiary/aromatic N) is 3. The van der Waals surface area contributed by atoms with E-state index in [1.54, 1.807) is 0 Å². The minimum absolute atomic E-state index is 0.0189. The second-order valence-corrected chi connectivity index (χ2v) is 11.2. The molecule has 3 amide bonds. The highest BCUT2D eigenvalue weighted by atomic mass is 16.5. The maximum Gasteiger partial charge on any atom is 0.256 e. The first-order valence-corrected chi connectivity index (χ1v) is 13.0. The molecule has 3 heterocycles. The second kappa shape index (κ2) is 11.0. The van der Waals surface area contributed by atoms with Crippen molar-refractivity contribution in [1.29, 1.82) is 0 Å². The predicted molar refractivity (Wildman–Crippen MR) is 135 cm³/mol. The van der Waals surface area contributed by atoms with Gasteiger partial charge in [-0.1, -0.05) is 32.9 Å². The molecule has 1 aromatic carbocycles. The average Bonchev–Trinajstić information content (AvgIpc) is 3.38. The summed E-state index contributed by atoms with van der Waals surface area (Å²) in [6.07, 6.45) is 3.68. The van der Waals surface area contributed by atoms with Crippen LogP contribution in [0.2, 0.25) is 0 Å². The highest BCUT2D eigenvalue weighted by molar-refractivity contribution is 6.00. The van der Waals surface area contributed by atoms with Crippen molar-refractivity contribution in [2.24, 2.45) is 5.41 Å². The van der Waals surface area contributed by atoms with Crippen LogP contribution >= 0.6 is 0 Å². The lowest BCUT2D eigenvalue weighted by molar-refractivity contribution is -0.142. The number of amides is 3. The van der Waals surface area contributed by atoms with E-state index in [0.29, 0.717) is 44.8 Å². The van der Waals surface area contributed by atoms with Crippen LogP contribution < -0.4 is 10.2 Å². The normalized spacial score (nSPS) is 21.8. The Morgan fingerprint density at radius 3 is 2.23 bits per heavy atom. The van der Waals surface area contributed by atoms with Crippen LogP contribution in [-0.4, -0.2) is 85.5 Å². The van der Waals surface area contributed by atoms with E-state index in [-0.39, 0.29) is 35.3 Å². The van der Waals surface area contributed by atoms with Gasteiger partial charge in [-0.3, -0.25) is 14.4 Å². The van der Waals surface area contributed by atoms with Gasteiger partial charge in [0.1, 0.15) is 6.10 Å². The average molecular weight is 485 g/mol. The summed E-state index contributed by atoms with van der Waals surface area (Å²) in [5.74, 6) is 0.196. The minimum Gasteiger partial charge on any atom is -0.371 e. The summed E-state index contributed by atoms with van der Waals surface area (Å²) in [5, 5.41) is 3.19. The molecule has 4 rings (SSSR count). The van der Waals surface area contributed by atoms with Crippen molar-refractivity contribution in [1.82, 2.24) is 15.1 Å². The zero-order valence-corrected chi connectivity index (χ0v) is 21.4. The first kappa shape index (κ1) is 25.5. The summed E-state index contributed by atoms with van der Waals surface area (Å²) in [6.45, 7) is 10.6. The summed E-state index contributed by atoms with van der Waals surface area (Å²) < 4.78 is 5.54. The lowest BCUT2D eigenvalue weighted by atomic mass is 9.91. The van der Waals surface area contributed by atoms with Gasteiger partial charge in [-0.15, -0.1) is 0 Å². The van der Waals surface area contributed by atoms with Crippen LogP contribution in [0.15, 0.2) is 24.3 Å². The molecule has 3 aliphatic heterocycles. The maximum atomic E-state index is 13.5. The molecule has 1 N–H and O–H groups in total. The third-order valence-electron chi connectivity index (χ3n) is 7.11. The molecule has 1 atom stereocenters. The van der Waals surface area contributed by atoms with Crippen LogP contribution in [0.3, 0.4) is 0 Å². The number of rotatable bonds is 5. The fourth-order valence-electron chi connectivity index (χ4n) is 5.23. The van der Waals surface area contributed by atoms with E-state index in [9.17, 15) is 14.4 Å². The van der Waals surface area contributed by atoms with Gasteiger partial charge in [0.25, 0.3) is 11.8 Å². The van der Waals surface area contributed by atoms with E-state index < -0.39 is 0 Å². The van der Waals surface area contributed by atoms with Crippen LogP contribution in [0.1, 0.15) is 63.2 Å². The third-order valence-corrected chi connectivity index (χ3v) is 7.11. The van der Waals surface area contributed by atoms with Crippen molar-refractivity contribution >= 4 is 23.4 Å². The number of ether oxygens (including phenoxy) is 1. The first-order valence-electron chi connectivity index (χ1n) is 13.0. The molecule has 0 aromatic heterocycles. The third kappa shape index (κ3) is 6.54. The van der Waals surface area contributed by atoms with Crippen molar-refractivity contribution in [3.63, 3.8) is 0 Å². The SMILES string of the molecule is CC(C)(C)CC(=O)NC1CCN(c2ccccc2C(=O)N2CCN(C(=O)[C@@H]3CCCO3)CC2)CC1. The fraction of sp³-hybridized carbons (Fsp3) is 0.667. The molecular weight excluding hydrogens is 444 g/mol. The number of piperazine rings is 1. The van der Waals surface area contributed by atoms with Gasteiger partial charge >= 0.3 is 0 Å². The number of hydrogen-bond donors (Lipinski definition) is 1. The summed E-state index contributed by atoms with van der Waals surface area (Å²) in [7, 11) is 0.